The molecule has 5 N–H and O–H groups in total. The van der Waals surface area contributed by atoms with Crippen LogP contribution < -0.4 is 0 Å². The van der Waals surface area contributed by atoms with Gasteiger partial charge in [0, 0.05) is 51.1 Å². The lowest BCUT2D eigenvalue weighted by Crippen LogP contribution is -2.34. The van der Waals surface area contributed by atoms with Crippen LogP contribution in [0.4, 0.5) is 0 Å². The van der Waals surface area contributed by atoms with Gasteiger partial charge in [0.05, 0.1) is 25.2 Å². The molecule has 0 amide bonds. The average molecular weight is 706 g/mol. The Bertz CT molecular complexity index is 1790. The van der Waals surface area contributed by atoms with E-state index < -0.39 is 17.3 Å². The SMILES string of the molecule is O=C(CN1C[C@@H]2CC(O)(Cc3ccccc3)C[C@@H]2C1)c1ccc(O)cc1.[2H]C(O)(CN1C[C@@H]2CC(O)(Cc3ccccc3)C[C@@H]2C1)c1ccc(O)cc1. The lowest BCUT2D eigenvalue weighted by Gasteiger charge is -2.27. The third-order valence-electron chi connectivity index (χ3n) is 11.8. The van der Waals surface area contributed by atoms with Crippen molar-refractivity contribution in [2.24, 2.45) is 23.7 Å². The number of ketones is 1. The highest BCUT2D eigenvalue weighted by molar-refractivity contribution is 5.97. The summed E-state index contributed by atoms with van der Waals surface area (Å²) in [4.78, 5) is 16.8. The molecule has 4 aromatic carbocycles. The number of Topliss-reactive ketones (excluding diaryl/α,β-unsaturated/α-hetero) is 1. The molecule has 2 heterocycles. The molecule has 4 fully saturated rings. The van der Waals surface area contributed by atoms with Gasteiger partial charge in [0.2, 0.25) is 0 Å². The first kappa shape index (κ1) is 35.0. The van der Waals surface area contributed by atoms with Crippen LogP contribution in [-0.2, 0) is 12.8 Å². The van der Waals surface area contributed by atoms with E-state index in [1.807, 2.05) is 36.4 Å². The van der Waals surface area contributed by atoms with E-state index in [9.17, 15) is 30.3 Å². The molecule has 2 aliphatic carbocycles. The van der Waals surface area contributed by atoms with E-state index in [0.29, 0.717) is 54.2 Å². The molecule has 4 aromatic rings. The second-order valence-electron chi connectivity index (χ2n) is 16.0. The zero-order valence-corrected chi connectivity index (χ0v) is 29.7. The standard InChI is InChI=1S/C22H27NO3.C22H25NO3/c2*24-20-8-6-17(7-9-20)21(25)15-23-13-18-11-22(26,12-19(18)14-23)10-16-4-2-1-3-5-16/h1-9,18-19,21,24-26H,10-15H2;1-9,18-19,24,26H,10-15H2/t18-,19+,21?,22?;18-,19+,22?/i21D;. The number of hydrogen-bond acceptors (Lipinski definition) is 8. The van der Waals surface area contributed by atoms with E-state index in [2.05, 4.69) is 34.1 Å². The second-order valence-corrected chi connectivity index (χ2v) is 16.0. The molecule has 2 saturated carbocycles. The number of hydrogen-bond donors (Lipinski definition) is 5. The summed E-state index contributed by atoms with van der Waals surface area (Å²) in [5.41, 5.74) is 2.23. The Balaban J connectivity index is 0.000000164. The van der Waals surface area contributed by atoms with Crippen LogP contribution in [0, 0.1) is 23.7 Å². The number of aliphatic hydroxyl groups is 3. The minimum atomic E-state index is -1.70. The van der Waals surface area contributed by atoms with E-state index in [1.165, 1.54) is 23.3 Å². The summed E-state index contributed by atoms with van der Waals surface area (Å²) in [7, 11) is 0. The van der Waals surface area contributed by atoms with Crippen LogP contribution in [0.3, 0.4) is 0 Å². The van der Waals surface area contributed by atoms with Gasteiger partial charge in [-0.3, -0.25) is 14.6 Å². The van der Waals surface area contributed by atoms with E-state index in [0.717, 1.165) is 51.9 Å². The van der Waals surface area contributed by atoms with E-state index in [4.69, 9.17) is 1.37 Å². The van der Waals surface area contributed by atoms with Crippen molar-refractivity contribution in [1.82, 2.24) is 9.80 Å². The van der Waals surface area contributed by atoms with Crippen molar-refractivity contribution in [3.63, 3.8) is 0 Å². The minimum Gasteiger partial charge on any atom is -0.508 e. The quantitative estimate of drug-likeness (QED) is 0.135. The van der Waals surface area contributed by atoms with Gasteiger partial charge < -0.3 is 25.5 Å². The Kier molecular flexibility index (Phi) is 10.4. The third-order valence-corrected chi connectivity index (χ3v) is 11.8. The summed E-state index contributed by atoms with van der Waals surface area (Å²) < 4.78 is 8.32. The summed E-state index contributed by atoms with van der Waals surface area (Å²) in [5.74, 6) is 2.15. The first-order chi connectivity index (χ1) is 25.3. The van der Waals surface area contributed by atoms with Crippen LogP contribution in [0.5, 0.6) is 11.5 Å². The first-order valence-electron chi connectivity index (χ1n) is 19.2. The Morgan fingerprint density at radius 1 is 0.635 bits per heavy atom. The number of rotatable bonds is 10. The second kappa shape index (κ2) is 15.5. The molecule has 3 unspecified atom stereocenters. The number of carbonyl (C=O) groups is 1. The number of benzene rings is 4. The lowest BCUT2D eigenvalue weighted by atomic mass is 9.91. The molecule has 2 saturated heterocycles. The number of likely N-dealkylation sites (tertiary alicyclic amines) is 2. The molecule has 274 valence electrons. The van der Waals surface area contributed by atoms with Crippen LogP contribution in [0.2, 0.25) is 0 Å². The smallest absolute Gasteiger partial charge is 0.176 e. The van der Waals surface area contributed by atoms with Crippen molar-refractivity contribution in [2.45, 2.75) is 55.8 Å². The van der Waals surface area contributed by atoms with Gasteiger partial charge in [-0.05, 0) is 102 Å². The average Bonchev–Trinajstić information content (AvgIpc) is 3.82. The number of β-amino-alcohol motifs (C(OH)–C–C–N with tert-alkyl or cyclic N) is 1. The van der Waals surface area contributed by atoms with Crippen molar-refractivity contribution < 1.29 is 31.7 Å². The largest absolute Gasteiger partial charge is 0.508 e. The van der Waals surface area contributed by atoms with Gasteiger partial charge >= 0.3 is 0 Å². The molecule has 0 spiro atoms. The molecule has 2 aliphatic heterocycles. The predicted octanol–water partition coefficient (Wildman–Crippen LogP) is 5.63. The molecule has 52 heavy (non-hydrogen) atoms. The normalized spacial score (nSPS) is 29.8. The molecular weight excluding hydrogens is 652 g/mol. The lowest BCUT2D eigenvalue weighted by molar-refractivity contribution is 0.0327. The van der Waals surface area contributed by atoms with Crippen molar-refractivity contribution in [2.75, 3.05) is 39.3 Å². The topological polar surface area (TPSA) is 125 Å². The van der Waals surface area contributed by atoms with Crippen molar-refractivity contribution in [3.05, 3.63) is 131 Å². The molecule has 4 aliphatic rings. The molecule has 0 aromatic heterocycles. The highest BCUT2D eigenvalue weighted by Crippen LogP contribution is 2.46. The molecule has 7 atom stereocenters. The molecule has 0 radical (unpaired) electrons. The number of phenols is 2. The van der Waals surface area contributed by atoms with Gasteiger partial charge in [-0.2, -0.15) is 0 Å². The van der Waals surface area contributed by atoms with Crippen LogP contribution >= 0.6 is 0 Å². The number of carbonyl (C=O) groups excluding carboxylic acids is 1. The summed E-state index contributed by atoms with van der Waals surface area (Å²) >= 11 is 0. The highest BCUT2D eigenvalue weighted by Gasteiger charge is 2.49. The Labute approximate surface area is 308 Å². The monoisotopic (exact) mass is 705 g/mol. The van der Waals surface area contributed by atoms with E-state index >= 15 is 0 Å². The number of nitrogens with zero attached hydrogens (tertiary/aromatic N) is 2. The maximum atomic E-state index is 12.4. The van der Waals surface area contributed by atoms with Gasteiger partial charge in [-0.25, -0.2) is 0 Å². The van der Waals surface area contributed by atoms with E-state index in [1.54, 1.807) is 36.4 Å². The number of fused-ring (bicyclic) bond motifs is 2. The Hall–Kier alpha value is -4.05. The van der Waals surface area contributed by atoms with Crippen molar-refractivity contribution in [1.29, 1.82) is 0 Å². The maximum absolute atomic E-state index is 12.4. The number of phenolic OH excluding ortho intramolecular Hbond substituents is 2. The van der Waals surface area contributed by atoms with E-state index in [-0.39, 0.29) is 23.8 Å². The third kappa shape index (κ3) is 8.93. The fourth-order valence-electron chi connectivity index (χ4n) is 9.51. The molecule has 8 heteroatoms. The molecule has 8 rings (SSSR count). The zero-order chi connectivity index (χ0) is 37.2. The molecule has 8 nitrogen and oxygen atoms in total. The zero-order valence-electron chi connectivity index (χ0n) is 30.7. The van der Waals surface area contributed by atoms with Gasteiger partial charge in [0.25, 0.3) is 0 Å². The van der Waals surface area contributed by atoms with Crippen LogP contribution in [0.15, 0.2) is 109 Å². The summed E-state index contributed by atoms with van der Waals surface area (Å²) in [5, 5.41) is 51.4. The molecular formula is C44H52N2O6. The van der Waals surface area contributed by atoms with Gasteiger partial charge in [-0.15, -0.1) is 0 Å². The van der Waals surface area contributed by atoms with Crippen LogP contribution in [0.1, 0.15) is 60.2 Å². The highest BCUT2D eigenvalue weighted by atomic mass is 16.3. The first-order valence-corrected chi connectivity index (χ1v) is 18.7. The van der Waals surface area contributed by atoms with Crippen molar-refractivity contribution in [3.8, 4) is 11.5 Å². The fraction of sp³-hybridized carbons (Fsp3) is 0.432. The number of aromatic hydroxyl groups is 2. The van der Waals surface area contributed by atoms with Gasteiger partial charge in [0.1, 0.15) is 11.5 Å². The van der Waals surface area contributed by atoms with Crippen LogP contribution in [-0.4, -0.2) is 91.6 Å². The van der Waals surface area contributed by atoms with Crippen molar-refractivity contribution >= 4 is 5.78 Å². The Morgan fingerprint density at radius 3 is 1.48 bits per heavy atom. The van der Waals surface area contributed by atoms with Gasteiger partial charge in [-0.1, -0.05) is 72.8 Å². The molecule has 0 bridgehead atoms. The van der Waals surface area contributed by atoms with Crippen LogP contribution in [0.25, 0.3) is 0 Å². The summed E-state index contributed by atoms with van der Waals surface area (Å²) in [6.07, 6.45) is 2.89. The Morgan fingerprint density at radius 2 is 1.04 bits per heavy atom. The predicted molar refractivity (Wildman–Crippen MR) is 201 cm³/mol. The van der Waals surface area contributed by atoms with Gasteiger partial charge in [0.15, 0.2) is 5.78 Å². The fourth-order valence-corrected chi connectivity index (χ4v) is 9.51. The minimum absolute atomic E-state index is 0.0875. The summed E-state index contributed by atoms with van der Waals surface area (Å²) in [6, 6.07) is 33.0. The maximum Gasteiger partial charge on any atom is 0.176 e. The summed E-state index contributed by atoms with van der Waals surface area (Å²) in [6.45, 7) is 4.02.